The molecule has 3 aromatic rings. The average Bonchev–Trinajstić information content (AvgIpc) is 3.21. The Morgan fingerprint density at radius 2 is 2.12 bits per heavy atom. The van der Waals surface area contributed by atoms with Crippen LogP contribution >= 0.6 is 11.8 Å². The molecule has 1 fully saturated rings. The van der Waals surface area contributed by atoms with Crippen molar-refractivity contribution in [1.29, 1.82) is 0 Å². The summed E-state index contributed by atoms with van der Waals surface area (Å²) < 4.78 is 7.11. The molecule has 4 heterocycles. The summed E-state index contributed by atoms with van der Waals surface area (Å²) in [6.45, 7) is 3.38. The summed E-state index contributed by atoms with van der Waals surface area (Å²) in [5, 5.41) is 4.40. The van der Waals surface area contributed by atoms with Gasteiger partial charge in [-0.3, -0.25) is 4.79 Å². The number of furan rings is 1. The van der Waals surface area contributed by atoms with Gasteiger partial charge in [0, 0.05) is 30.8 Å². The number of carbonyl (C=O) groups excluding carboxylic acids is 1. The fourth-order valence-electron chi connectivity index (χ4n) is 2.74. The Morgan fingerprint density at radius 3 is 2.83 bits per heavy atom. The maximum Gasteiger partial charge on any atom is 0.255 e. The number of aryl methyl sites for hydroxylation is 1. The number of thioether (sulfide) groups is 1. The van der Waals surface area contributed by atoms with E-state index in [1.165, 1.54) is 0 Å². The summed E-state index contributed by atoms with van der Waals surface area (Å²) in [5.41, 5.74) is 7.56. The lowest BCUT2D eigenvalue weighted by Crippen LogP contribution is -2.38. The minimum absolute atomic E-state index is 0.0187. The molecule has 2 N–H and O–H groups in total. The van der Waals surface area contributed by atoms with Gasteiger partial charge in [0.1, 0.15) is 5.76 Å². The third-order valence-electron chi connectivity index (χ3n) is 3.97. The second kappa shape index (κ2) is 5.86. The summed E-state index contributed by atoms with van der Waals surface area (Å²) in [7, 11) is 0. The van der Waals surface area contributed by atoms with Crippen molar-refractivity contribution in [1.82, 2.24) is 19.5 Å². The number of rotatable bonds is 2. The van der Waals surface area contributed by atoms with Crippen molar-refractivity contribution in [3.8, 4) is 11.6 Å². The van der Waals surface area contributed by atoms with Crippen LogP contribution in [0.2, 0.25) is 0 Å². The van der Waals surface area contributed by atoms with Gasteiger partial charge in [0.25, 0.3) is 5.91 Å². The number of anilines is 1. The van der Waals surface area contributed by atoms with Crippen LogP contribution in [0.1, 0.15) is 16.1 Å². The molecule has 0 spiro atoms. The molecule has 1 saturated heterocycles. The fraction of sp³-hybridized carbons (Fsp3) is 0.312. The minimum Gasteiger partial charge on any atom is -0.458 e. The third kappa shape index (κ3) is 2.62. The number of carbonyl (C=O) groups is 1. The van der Waals surface area contributed by atoms with Crippen LogP contribution in [0.3, 0.4) is 0 Å². The van der Waals surface area contributed by atoms with Crippen LogP contribution in [0.4, 0.5) is 5.69 Å². The maximum atomic E-state index is 12.7. The van der Waals surface area contributed by atoms with Crippen molar-refractivity contribution in [2.75, 3.05) is 30.3 Å². The Kier molecular flexibility index (Phi) is 3.68. The first-order valence-electron chi connectivity index (χ1n) is 7.71. The molecule has 7 nitrogen and oxygen atoms in total. The number of hydrogen-bond acceptors (Lipinski definition) is 6. The van der Waals surface area contributed by atoms with E-state index >= 15 is 0 Å². The van der Waals surface area contributed by atoms with Crippen molar-refractivity contribution in [3.63, 3.8) is 0 Å². The van der Waals surface area contributed by atoms with Gasteiger partial charge in [-0.25, -0.2) is 9.50 Å². The van der Waals surface area contributed by atoms with Crippen LogP contribution in [0, 0.1) is 6.92 Å². The molecule has 124 valence electrons. The Bertz CT molecular complexity index is 910. The smallest absolute Gasteiger partial charge is 0.255 e. The molecular weight excluding hydrogens is 326 g/mol. The Labute approximate surface area is 142 Å². The van der Waals surface area contributed by atoms with Crippen LogP contribution in [0.25, 0.3) is 17.2 Å². The number of aromatic nitrogens is 3. The lowest BCUT2D eigenvalue weighted by molar-refractivity contribution is 0.0771. The average molecular weight is 343 g/mol. The molecule has 1 aliphatic rings. The summed E-state index contributed by atoms with van der Waals surface area (Å²) in [4.78, 5) is 18.9. The number of nitrogen functional groups attached to an aromatic ring is 1. The lowest BCUT2D eigenvalue weighted by atomic mass is 10.2. The van der Waals surface area contributed by atoms with Crippen molar-refractivity contribution >= 4 is 29.0 Å². The first-order chi connectivity index (χ1) is 11.6. The largest absolute Gasteiger partial charge is 0.458 e. The van der Waals surface area contributed by atoms with E-state index in [-0.39, 0.29) is 5.91 Å². The highest BCUT2D eigenvalue weighted by Crippen LogP contribution is 2.23. The van der Waals surface area contributed by atoms with Crippen molar-refractivity contribution in [2.24, 2.45) is 0 Å². The highest BCUT2D eigenvalue weighted by atomic mass is 32.2. The van der Waals surface area contributed by atoms with Gasteiger partial charge in [0.05, 0.1) is 11.3 Å². The quantitative estimate of drug-likeness (QED) is 0.766. The van der Waals surface area contributed by atoms with E-state index in [1.54, 1.807) is 16.8 Å². The minimum atomic E-state index is -0.0187. The molecule has 0 atom stereocenters. The van der Waals surface area contributed by atoms with E-state index < -0.39 is 0 Å². The standard InChI is InChI=1S/C16H17N5O2S/c1-10-2-3-13(23-10)14-18-15-12(17)8-11(9-21(15)19-14)16(22)20-4-6-24-7-5-20/h2-3,8-9H,4-7,17H2,1H3. The number of amides is 1. The molecule has 0 aliphatic carbocycles. The van der Waals surface area contributed by atoms with E-state index in [9.17, 15) is 4.79 Å². The lowest BCUT2D eigenvalue weighted by Gasteiger charge is -2.26. The SMILES string of the molecule is Cc1ccc(-c2nc3c(N)cc(C(=O)N4CCSCC4)cn3n2)o1. The summed E-state index contributed by atoms with van der Waals surface area (Å²) in [5.74, 6) is 3.74. The Morgan fingerprint density at radius 1 is 1.33 bits per heavy atom. The number of nitrogens with zero attached hydrogens (tertiary/aromatic N) is 4. The van der Waals surface area contributed by atoms with E-state index in [0.29, 0.717) is 28.5 Å². The van der Waals surface area contributed by atoms with Gasteiger partial charge in [-0.2, -0.15) is 11.8 Å². The summed E-state index contributed by atoms with van der Waals surface area (Å²) >= 11 is 1.86. The van der Waals surface area contributed by atoms with Gasteiger partial charge in [-0.15, -0.1) is 5.10 Å². The third-order valence-corrected chi connectivity index (χ3v) is 4.91. The first-order valence-corrected chi connectivity index (χ1v) is 8.87. The zero-order valence-electron chi connectivity index (χ0n) is 13.2. The van der Waals surface area contributed by atoms with Crippen LogP contribution in [-0.4, -0.2) is 50.0 Å². The molecule has 0 saturated carbocycles. The van der Waals surface area contributed by atoms with Gasteiger partial charge in [-0.1, -0.05) is 0 Å². The van der Waals surface area contributed by atoms with Gasteiger partial charge < -0.3 is 15.1 Å². The topological polar surface area (TPSA) is 89.7 Å². The van der Waals surface area contributed by atoms with Crippen LogP contribution in [0.5, 0.6) is 0 Å². The van der Waals surface area contributed by atoms with Gasteiger partial charge in [0.2, 0.25) is 5.82 Å². The normalized spacial score (nSPS) is 15.1. The predicted octanol–water partition coefficient (Wildman–Crippen LogP) is 2.07. The van der Waals surface area contributed by atoms with Gasteiger partial charge in [0.15, 0.2) is 11.4 Å². The summed E-state index contributed by atoms with van der Waals surface area (Å²) in [6.07, 6.45) is 1.68. The molecular formula is C16H17N5O2S. The molecule has 0 aromatic carbocycles. The molecule has 3 aromatic heterocycles. The molecule has 8 heteroatoms. The molecule has 0 bridgehead atoms. The molecule has 0 radical (unpaired) electrons. The number of pyridine rings is 1. The second-order valence-electron chi connectivity index (χ2n) is 5.70. The zero-order valence-corrected chi connectivity index (χ0v) is 14.0. The summed E-state index contributed by atoms with van der Waals surface area (Å²) in [6, 6.07) is 5.34. The van der Waals surface area contributed by atoms with E-state index in [2.05, 4.69) is 10.1 Å². The Hall–Kier alpha value is -2.48. The number of hydrogen-bond donors (Lipinski definition) is 1. The van der Waals surface area contributed by atoms with Crippen molar-refractivity contribution < 1.29 is 9.21 Å². The highest BCUT2D eigenvalue weighted by molar-refractivity contribution is 7.99. The van der Waals surface area contributed by atoms with Gasteiger partial charge in [-0.05, 0) is 25.1 Å². The molecule has 4 rings (SSSR count). The Balaban J connectivity index is 1.72. The van der Waals surface area contributed by atoms with Crippen LogP contribution in [-0.2, 0) is 0 Å². The maximum absolute atomic E-state index is 12.7. The highest BCUT2D eigenvalue weighted by Gasteiger charge is 2.21. The van der Waals surface area contributed by atoms with E-state index in [0.717, 1.165) is 30.4 Å². The molecule has 1 aliphatic heterocycles. The monoisotopic (exact) mass is 343 g/mol. The number of nitrogens with two attached hydrogens (primary N) is 1. The van der Waals surface area contributed by atoms with Crippen LogP contribution in [0.15, 0.2) is 28.8 Å². The second-order valence-corrected chi connectivity index (χ2v) is 6.93. The molecule has 0 unspecified atom stereocenters. The molecule has 24 heavy (non-hydrogen) atoms. The van der Waals surface area contributed by atoms with Crippen molar-refractivity contribution in [3.05, 3.63) is 35.7 Å². The molecule has 1 amide bonds. The zero-order chi connectivity index (χ0) is 16.7. The van der Waals surface area contributed by atoms with Crippen LogP contribution < -0.4 is 5.73 Å². The van der Waals surface area contributed by atoms with Gasteiger partial charge >= 0.3 is 0 Å². The van der Waals surface area contributed by atoms with Crippen molar-refractivity contribution in [2.45, 2.75) is 6.92 Å². The first kappa shape index (κ1) is 15.1. The number of fused-ring (bicyclic) bond motifs is 1. The fourth-order valence-corrected chi connectivity index (χ4v) is 3.64. The van der Waals surface area contributed by atoms with E-state index in [4.69, 9.17) is 10.2 Å². The predicted molar refractivity (Wildman–Crippen MR) is 93.1 cm³/mol. The van der Waals surface area contributed by atoms with E-state index in [1.807, 2.05) is 35.7 Å².